The molecule has 7 heteroatoms. The third-order valence-electron chi connectivity index (χ3n) is 12.9. The van der Waals surface area contributed by atoms with Crippen LogP contribution < -0.4 is 20.7 Å². The van der Waals surface area contributed by atoms with Crippen molar-refractivity contribution in [3.8, 4) is 40.1 Å². The number of hydrogen-bond acceptors (Lipinski definition) is 3. The smallest absolute Gasteiger partial charge is 0.238 e. The van der Waals surface area contributed by atoms with Crippen molar-refractivity contribution in [3.63, 3.8) is 0 Å². The van der Waals surface area contributed by atoms with E-state index in [4.69, 9.17) is 31.4 Å². The summed E-state index contributed by atoms with van der Waals surface area (Å²) < 4.78 is 342. The van der Waals surface area contributed by atoms with Crippen molar-refractivity contribution in [3.05, 3.63) is 278 Å². The molecule has 15 rings (SSSR count). The summed E-state index contributed by atoms with van der Waals surface area (Å²) in [6, 6.07) is -20.6. The Labute approximate surface area is 490 Å². The maximum Gasteiger partial charge on any atom is 0.238 e. The Balaban J connectivity index is 1.18. The van der Waals surface area contributed by atoms with Gasteiger partial charge in [-0.1, -0.05) is 218 Å². The lowest BCUT2D eigenvalue weighted by atomic mass is 10.1. The number of rotatable bonds is 9. The van der Waals surface area contributed by atoms with E-state index in [-0.39, 0.29) is 10.4 Å². The molecule has 11 aromatic carbocycles. The van der Waals surface area contributed by atoms with E-state index in [1.165, 1.54) is 60.7 Å². The molecule has 76 heavy (non-hydrogen) atoms. The van der Waals surface area contributed by atoms with E-state index in [0.29, 0.717) is 9.13 Å². The summed E-state index contributed by atoms with van der Waals surface area (Å²) in [5.74, 6) is -3.26. The van der Waals surface area contributed by atoms with E-state index in [0.717, 1.165) is 4.57 Å². The molecular weight excluding hydrogens is 941 g/mol. The zero-order chi connectivity index (χ0) is 81.5. The summed E-state index contributed by atoms with van der Waals surface area (Å²) in [5, 5.41) is -4.83. The maximum atomic E-state index is 11.0. The SMILES string of the molecule is [2H]c1c([2H])c([2H])c(-n2c3c([2H])c([2H])c([2H])c([2H])c3c3c([2H])c([2H])c([2H])c([2H])c32)c(-c2nc(-c3c([2H])c([2H])c([2H])c([Si](c4ccccc4)(c4ccccc4)c4c([2H])c([2H])c([2H])c(-n5c6c([2H])c([2H])c([2H])c([2H])c6c6c([2H])c([2H])c([2H])c([2H])c65)c4[2H])c3[2H])nc(-n3c4c([2H])c([2H])c([2H])c([2H])c4c4c([2H])c([2H])c([2H])c([2H])c43)n2)c1[2H]. The molecule has 0 saturated carbocycles. The minimum atomic E-state index is -5.50. The van der Waals surface area contributed by atoms with E-state index < -0.39 is 341 Å². The monoisotopic (exact) mass is 1020 g/mol. The second kappa shape index (κ2) is 17.6. The third-order valence-corrected chi connectivity index (χ3v) is 17.3. The van der Waals surface area contributed by atoms with Crippen molar-refractivity contribution in [2.24, 2.45) is 0 Å². The van der Waals surface area contributed by atoms with Crippen molar-refractivity contribution in [2.75, 3.05) is 0 Å². The predicted molar refractivity (Wildman–Crippen MR) is 317 cm³/mol. The van der Waals surface area contributed by atoms with Gasteiger partial charge in [0.25, 0.3) is 0 Å². The average molecular weight is 1020 g/mol. The molecule has 0 fully saturated rings. The first-order valence-corrected chi connectivity index (χ1v) is 24.9. The zero-order valence-corrected chi connectivity index (χ0v) is 39.5. The van der Waals surface area contributed by atoms with E-state index in [1.54, 1.807) is 0 Å². The maximum absolute atomic E-state index is 11.0. The lowest BCUT2D eigenvalue weighted by molar-refractivity contribution is 0.952. The Bertz CT molecular complexity index is 6630. The predicted octanol–water partition coefficient (Wildman–Crippen LogP) is 13.9. The number of aromatic nitrogens is 6. The highest BCUT2D eigenvalue weighted by Gasteiger charge is 2.42. The van der Waals surface area contributed by atoms with Gasteiger partial charge in [-0.05, 0) is 81.2 Å². The molecule has 0 atom stereocenters. The second-order valence-electron chi connectivity index (χ2n) is 16.8. The van der Waals surface area contributed by atoms with Gasteiger partial charge >= 0.3 is 0 Å². The highest BCUT2D eigenvalue weighted by atomic mass is 28.3. The van der Waals surface area contributed by atoms with Gasteiger partial charge in [-0.3, -0.25) is 4.57 Å². The normalized spacial score (nSPS) is 18.6. The Morgan fingerprint density at radius 2 is 0.724 bits per heavy atom. The molecule has 0 aliphatic carbocycles. The minimum absolute atomic E-state index is 0.0139. The molecule has 4 aromatic heterocycles. The molecule has 0 N–H and O–H groups in total. The molecule has 356 valence electrons. The third kappa shape index (κ3) is 6.69. The van der Waals surface area contributed by atoms with Gasteiger partial charge < -0.3 is 9.13 Å². The van der Waals surface area contributed by atoms with Gasteiger partial charge in [-0.25, -0.2) is 4.98 Å². The van der Waals surface area contributed by atoms with Crippen LogP contribution in [0.25, 0.3) is 106 Å². The standard InChI is InChI=1S/C69H46N6Si/c1-3-25-49(26-4-1)76(50-27-5-2-6-28-50,52-30-22-24-48(46-52)73-60-38-14-7-31-53(60)54-32-8-15-39-61(54)73)51-29-21-23-47(45-51)67-70-68(72-69(71-67)75-64-42-18-11-35-57(64)58-36-12-19-43-65(58)75)59-37-13-20-44-66(59)74-62-40-16-9-33-55(62)56-34-10-17-41-63(56)74/h1-46H/i7D,8D,9D,10D,11D,12D,13D,14D,15D,16D,17D,18D,19D,20D,21D,22D,23D,24D,29D,30D,31D,32D,33D,34D,35D,36D,37D,38D,39D,40D,41D,42D,43D,44D,45D,46D. The fourth-order valence-electron chi connectivity index (χ4n) is 9.75. The minimum Gasteiger partial charge on any atom is -0.309 e. The van der Waals surface area contributed by atoms with Crippen LogP contribution in [0.3, 0.4) is 0 Å². The number of nitrogens with zero attached hydrogens (tertiary/aromatic N) is 6. The van der Waals surface area contributed by atoms with Gasteiger partial charge in [0.05, 0.1) is 88.1 Å². The van der Waals surface area contributed by atoms with Gasteiger partial charge in [-0.2, -0.15) is 9.97 Å². The summed E-state index contributed by atoms with van der Waals surface area (Å²) in [6.07, 6.45) is 0. The van der Waals surface area contributed by atoms with Crippen LogP contribution in [-0.2, 0) is 0 Å². The van der Waals surface area contributed by atoms with E-state index in [9.17, 15) is 32.9 Å². The molecule has 0 spiro atoms. The molecular formula is C69H46N6Si. The van der Waals surface area contributed by atoms with Crippen LogP contribution in [-0.4, -0.2) is 36.7 Å². The first-order valence-electron chi connectivity index (χ1n) is 40.9. The lowest BCUT2D eigenvalue weighted by Crippen LogP contribution is -2.74. The Hall–Kier alpha value is -9.95. The average Bonchev–Trinajstić information content (AvgIpc) is 1.17. The van der Waals surface area contributed by atoms with E-state index in [1.807, 2.05) is 0 Å². The molecule has 15 aromatic rings. The van der Waals surface area contributed by atoms with Crippen molar-refractivity contribution in [1.29, 1.82) is 0 Å². The van der Waals surface area contributed by atoms with Crippen molar-refractivity contribution in [2.45, 2.75) is 0 Å². The molecule has 0 aliphatic heterocycles. The van der Waals surface area contributed by atoms with Crippen LogP contribution in [0, 0.1) is 0 Å². The highest BCUT2D eigenvalue weighted by molar-refractivity contribution is 7.20. The van der Waals surface area contributed by atoms with Crippen molar-refractivity contribution >= 4 is 94.2 Å². The van der Waals surface area contributed by atoms with Gasteiger partial charge in [-0.15, -0.1) is 0 Å². The summed E-state index contributed by atoms with van der Waals surface area (Å²) in [5.41, 5.74) is -7.95. The summed E-state index contributed by atoms with van der Waals surface area (Å²) >= 11 is 0. The molecule has 0 amide bonds. The molecule has 0 unspecified atom stereocenters. The molecule has 0 aliphatic rings. The van der Waals surface area contributed by atoms with Crippen LogP contribution in [0.4, 0.5) is 0 Å². The Kier molecular flexibility index (Phi) is 4.81. The second-order valence-corrected chi connectivity index (χ2v) is 20.5. The topological polar surface area (TPSA) is 53.5 Å². The summed E-state index contributed by atoms with van der Waals surface area (Å²) in [4.78, 5) is 14.3. The number of fused-ring (bicyclic) bond motifs is 9. The molecule has 0 saturated heterocycles. The van der Waals surface area contributed by atoms with Crippen LogP contribution in [0.2, 0.25) is 0 Å². The highest BCUT2D eigenvalue weighted by Crippen LogP contribution is 2.38. The molecule has 0 radical (unpaired) electrons. The van der Waals surface area contributed by atoms with Crippen LogP contribution in [0.15, 0.2) is 278 Å². The lowest BCUT2D eigenvalue weighted by Gasteiger charge is -2.35. The number of hydrogen-bond donors (Lipinski definition) is 0. The fraction of sp³-hybridized carbons (Fsp3) is 0. The summed E-state index contributed by atoms with van der Waals surface area (Å²) in [6.45, 7) is 0. The first-order chi connectivity index (χ1) is 52.7. The van der Waals surface area contributed by atoms with Gasteiger partial charge in [0, 0.05) is 49.1 Å². The van der Waals surface area contributed by atoms with Crippen molar-refractivity contribution < 1.29 is 49.3 Å². The Morgan fingerprint density at radius 1 is 0.316 bits per heavy atom. The zero-order valence-electron chi connectivity index (χ0n) is 74.5. The molecule has 6 nitrogen and oxygen atoms in total. The fourth-order valence-corrected chi connectivity index (χ4v) is 14.0. The van der Waals surface area contributed by atoms with Crippen LogP contribution >= 0.6 is 0 Å². The number of para-hydroxylation sites is 7. The number of benzene rings is 11. The van der Waals surface area contributed by atoms with Gasteiger partial charge in [0.2, 0.25) is 5.95 Å². The largest absolute Gasteiger partial charge is 0.309 e. The van der Waals surface area contributed by atoms with Crippen LogP contribution in [0.5, 0.6) is 0 Å². The van der Waals surface area contributed by atoms with Gasteiger partial charge in [0.1, 0.15) is 0 Å². The summed E-state index contributed by atoms with van der Waals surface area (Å²) in [7, 11) is -5.50. The van der Waals surface area contributed by atoms with Gasteiger partial charge in [0.15, 0.2) is 19.7 Å². The van der Waals surface area contributed by atoms with E-state index in [2.05, 4.69) is 0 Å². The molecule has 0 bridgehead atoms. The first kappa shape index (κ1) is 20.8. The van der Waals surface area contributed by atoms with E-state index >= 15 is 0 Å². The van der Waals surface area contributed by atoms with Crippen LogP contribution in [0.1, 0.15) is 49.3 Å². The van der Waals surface area contributed by atoms with Crippen molar-refractivity contribution in [1.82, 2.24) is 28.7 Å². The molecule has 4 heterocycles. The Morgan fingerprint density at radius 3 is 1.24 bits per heavy atom. The quantitative estimate of drug-likeness (QED) is 0.107.